The molecule has 0 saturated heterocycles. The van der Waals surface area contributed by atoms with Crippen molar-refractivity contribution in [2.75, 3.05) is 13.7 Å². The second kappa shape index (κ2) is 8.20. The van der Waals surface area contributed by atoms with Crippen LogP contribution in [-0.2, 0) is 11.2 Å². The van der Waals surface area contributed by atoms with E-state index in [-0.39, 0.29) is 6.10 Å². The predicted octanol–water partition coefficient (Wildman–Crippen LogP) is 2.42. The molecule has 1 heterocycles. The van der Waals surface area contributed by atoms with Gasteiger partial charge in [-0.3, -0.25) is 4.98 Å². The zero-order valence-corrected chi connectivity index (χ0v) is 11.1. The Labute approximate surface area is 105 Å². The highest BCUT2D eigenvalue weighted by Crippen LogP contribution is 2.11. The first kappa shape index (κ1) is 14.1. The molecule has 0 amide bonds. The van der Waals surface area contributed by atoms with Crippen molar-refractivity contribution < 1.29 is 4.74 Å². The molecule has 0 aliphatic heterocycles. The smallest absolute Gasteiger partial charge is 0.0728 e. The molecule has 1 aromatic rings. The molecular weight excluding hydrogens is 212 g/mol. The first-order valence-corrected chi connectivity index (χ1v) is 6.47. The fourth-order valence-electron chi connectivity index (χ4n) is 2.11. The molecule has 1 rings (SSSR count). The Morgan fingerprint density at radius 3 is 2.71 bits per heavy atom. The van der Waals surface area contributed by atoms with Crippen LogP contribution in [0.2, 0.25) is 0 Å². The van der Waals surface area contributed by atoms with E-state index in [1.807, 2.05) is 18.3 Å². The Hall–Kier alpha value is -0.930. The van der Waals surface area contributed by atoms with Crippen LogP contribution in [0.25, 0.3) is 0 Å². The molecule has 1 N–H and O–H groups in total. The van der Waals surface area contributed by atoms with E-state index >= 15 is 0 Å². The summed E-state index contributed by atoms with van der Waals surface area (Å²) < 4.78 is 5.59. The summed E-state index contributed by atoms with van der Waals surface area (Å²) in [7, 11) is 1.79. The molecule has 0 saturated carbocycles. The second-order valence-electron chi connectivity index (χ2n) is 4.25. The lowest BCUT2D eigenvalue weighted by atomic mass is 10.0. The van der Waals surface area contributed by atoms with Gasteiger partial charge in [-0.05, 0) is 25.1 Å². The highest BCUT2D eigenvalue weighted by atomic mass is 16.5. The lowest BCUT2D eigenvalue weighted by Crippen LogP contribution is -2.42. The number of methoxy groups -OCH3 is 1. The summed E-state index contributed by atoms with van der Waals surface area (Å²) in [5, 5.41) is 3.50. The van der Waals surface area contributed by atoms with Gasteiger partial charge in [0.1, 0.15) is 0 Å². The van der Waals surface area contributed by atoms with Crippen molar-refractivity contribution in [1.29, 1.82) is 0 Å². The molecule has 2 atom stereocenters. The van der Waals surface area contributed by atoms with E-state index in [0.717, 1.165) is 31.5 Å². The van der Waals surface area contributed by atoms with Crippen LogP contribution in [0.15, 0.2) is 24.4 Å². The van der Waals surface area contributed by atoms with Crippen molar-refractivity contribution in [3.05, 3.63) is 30.1 Å². The van der Waals surface area contributed by atoms with Crippen LogP contribution < -0.4 is 5.32 Å². The zero-order valence-electron chi connectivity index (χ0n) is 11.1. The molecule has 0 aromatic carbocycles. The first-order valence-electron chi connectivity index (χ1n) is 6.47. The molecule has 0 spiro atoms. The van der Waals surface area contributed by atoms with Crippen LogP contribution in [-0.4, -0.2) is 30.8 Å². The third-order valence-corrected chi connectivity index (χ3v) is 2.95. The normalized spacial score (nSPS) is 14.5. The van der Waals surface area contributed by atoms with Gasteiger partial charge >= 0.3 is 0 Å². The van der Waals surface area contributed by atoms with Crippen LogP contribution in [0, 0.1) is 0 Å². The predicted molar refractivity (Wildman–Crippen MR) is 71.1 cm³/mol. The Bertz CT molecular complexity index is 290. The number of aromatic nitrogens is 1. The van der Waals surface area contributed by atoms with Crippen molar-refractivity contribution in [1.82, 2.24) is 10.3 Å². The lowest BCUT2D eigenvalue weighted by molar-refractivity contribution is 0.0611. The van der Waals surface area contributed by atoms with Crippen LogP contribution >= 0.6 is 0 Å². The lowest BCUT2D eigenvalue weighted by Gasteiger charge is -2.26. The van der Waals surface area contributed by atoms with Crippen molar-refractivity contribution in [3.63, 3.8) is 0 Å². The second-order valence-corrected chi connectivity index (χ2v) is 4.25. The van der Waals surface area contributed by atoms with Crippen LogP contribution in [0.3, 0.4) is 0 Å². The SMILES string of the molecule is CCCC(OC)C(Cc1ccccn1)NCC. The summed E-state index contributed by atoms with van der Waals surface area (Å²) in [4.78, 5) is 4.38. The van der Waals surface area contributed by atoms with Gasteiger partial charge in [0.25, 0.3) is 0 Å². The average molecular weight is 236 g/mol. The summed E-state index contributed by atoms with van der Waals surface area (Å²) in [5.74, 6) is 0. The fourth-order valence-corrected chi connectivity index (χ4v) is 2.11. The summed E-state index contributed by atoms with van der Waals surface area (Å²) in [6, 6.07) is 6.40. The number of pyridine rings is 1. The third-order valence-electron chi connectivity index (χ3n) is 2.95. The third kappa shape index (κ3) is 4.84. The van der Waals surface area contributed by atoms with Gasteiger partial charge < -0.3 is 10.1 Å². The van der Waals surface area contributed by atoms with Crippen molar-refractivity contribution in [3.8, 4) is 0 Å². The Kier molecular flexibility index (Phi) is 6.82. The molecule has 0 radical (unpaired) electrons. The summed E-state index contributed by atoms with van der Waals surface area (Å²) in [5.41, 5.74) is 1.12. The Morgan fingerprint density at radius 1 is 1.35 bits per heavy atom. The van der Waals surface area contributed by atoms with Gasteiger partial charge in [-0.15, -0.1) is 0 Å². The molecule has 3 nitrogen and oxygen atoms in total. The Balaban J connectivity index is 2.64. The minimum Gasteiger partial charge on any atom is -0.380 e. The van der Waals surface area contributed by atoms with Crippen molar-refractivity contribution >= 4 is 0 Å². The van der Waals surface area contributed by atoms with E-state index in [1.165, 1.54) is 0 Å². The molecule has 0 fully saturated rings. The number of hydrogen-bond donors (Lipinski definition) is 1. The van der Waals surface area contributed by atoms with Gasteiger partial charge in [-0.1, -0.05) is 26.3 Å². The van der Waals surface area contributed by atoms with E-state index in [9.17, 15) is 0 Å². The topological polar surface area (TPSA) is 34.1 Å². The molecule has 2 unspecified atom stereocenters. The molecule has 0 aliphatic rings. The first-order chi connectivity index (χ1) is 8.31. The highest BCUT2D eigenvalue weighted by Gasteiger charge is 2.20. The molecule has 0 bridgehead atoms. The summed E-state index contributed by atoms with van der Waals surface area (Å²) in [6.45, 7) is 5.28. The zero-order chi connectivity index (χ0) is 12.5. The Morgan fingerprint density at radius 2 is 2.18 bits per heavy atom. The number of rotatable bonds is 8. The highest BCUT2D eigenvalue weighted by molar-refractivity contribution is 5.06. The molecule has 1 aromatic heterocycles. The van der Waals surface area contributed by atoms with Crippen LogP contribution in [0.5, 0.6) is 0 Å². The van der Waals surface area contributed by atoms with E-state index in [2.05, 4.69) is 30.2 Å². The number of ether oxygens (including phenoxy) is 1. The van der Waals surface area contributed by atoms with Crippen LogP contribution in [0.4, 0.5) is 0 Å². The maximum Gasteiger partial charge on any atom is 0.0728 e. The van der Waals surface area contributed by atoms with Crippen molar-refractivity contribution in [2.45, 2.75) is 45.3 Å². The quantitative estimate of drug-likeness (QED) is 0.752. The number of nitrogens with zero attached hydrogens (tertiary/aromatic N) is 1. The largest absolute Gasteiger partial charge is 0.380 e. The van der Waals surface area contributed by atoms with Gasteiger partial charge in [0, 0.05) is 31.5 Å². The maximum absolute atomic E-state index is 5.59. The van der Waals surface area contributed by atoms with Gasteiger partial charge in [0.05, 0.1) is 6.10 Å². The molecular formula is C14H24N2O. The maximum atomic E-state index is 5.59. The van der Waals surface area contributed by atoms with Crippen molar-refractivity contribution in [2.24, 2.45) is 0 Å². The van der Waals surface area contributed by atoms with E-state index in [1.54, 1.807) is 7.11 Å². The molecule has 3 heteroatoms. The van der Waals surface area contributed by atoms with Crippen LogP contribution in [0.1, 0.15) is 32.4 Å². The van der Waals surface area contributed by atoms with E-state index < -0.39 is 0 Å². The summed E-state index contributed by atoms with van der Waals surface area (Å²) in [6.07, 6.45) is 5.26. The molecule has 96 valence electrons. The van der Waals surface area contributed by atoms with Gasteiger partial charge in [-0.2, -0.15) is 0 Å². The van der Waals surface area contributed by atoms with E-state index in [4.69, 9.17) is 4.74 Å². The monoisotopic (exact) mass is 236 g/mol. The van der Waals surface area contributed by atoms with Gasteiger partial charge in [0.15, 0.2) is 0 Å². The fraction of sp³-hybridized carbons (Fsp3) is 0.643. The summed E-state index contributed by atoms with van der Waals surface area (Å²) >= 11 is 0. The minimum absolute atomic E-state index is 0.266. The number of likely N-dealkylation sites (N-methyl/N-ethyl adjacent to an activating group) is 1. The average Bonchev–Trinajstić information content (AvgIpc) is 2.37. The van der Waals surface area contributed by atoms with Gasteiger partial charge in [0.2, 0.25) is 0 Å². The van der Waals surface area contributed by atoms with E-state index in [0.29, 0.717) is 6.04 Å². The van der Waals surface area contributed by atoms with Gasteiger partial charge in [-0.25, -0.2) is 0 Å². The minimum atomic E-state index is 0.266. The molecule has 17 heavy (non-hydrogen) atoms. The number of hydrogen-bond acceptors (Lipinski definition) is 3. The standard InChI is InChI=1S/C14H24N2O/c1-4-8-14(17-3)13(15-5-2)11-12-9-6-7-10-16-12/h6-7,9-10,13-15H,4-5,8,11H2,1-3H3. The number of nitrogens with one attached hydrogen (secondary N) is 1. The molecule has 0 aliphatic carbocycles.